The molecule has 4 N–H and O–H groups in total. The number of sulfonamides is 1. The summed E-state index contributed by atoms with van der Waals surface area (Å²) in [6.45, 7) is 1.49. The number of aliphatic hydroxyl groups excluding tert-OH is 1. The molecule has 14 heteroatoms. The van der Waals surface area contributed by atoms with Crippen molar-refractivity contribution >= 4 is 37.3 Å². The molecule has 1 heterocycles. The number of hydrogen-bond donors (Lipinski definition) is 3. The number of aliphatic hydroxyl groups is 1. The summed E-state index contributed by atoms with van der Waals surface area (Å²) in [6.07, 6.45) is 0.0223. The first kappa shape index (κ1) is 26.8. The first-order chi connectivity index (χ1) is 15.8. The fourth-order valence-corrected chi connectivity index (χ4v) is 5.90. The molecular weight excluding hydrogens is 515 g/mol. The first-order valence-electron chi connectivity index (χ1n) is 10.1. The van der Waals surface area contributed by atoms with E-state index in [1.807, 2.05) is 35.2 Å². The van der Waals surface area contributed by atoms with E-state index in [0.717, 1.165) is 17.0 Å². The number of anilines is 1. The minimum atomic E-state index is -5.87. The lowest BCUT2D eigenvalue weighted by Crippen LogP contribution is -2.51. The molecule has 1 aliphatic heterocycles. The minimum absolute atomic E-state index is 0.368. The number of hydrogen-bond acceptors (Lipinski definition) is 8. The molecule has 1 atom stereocenters. The van der Waals surface area contributed by atoms with E-state index < -0.39 is 47.3 Å². The number of nitrogens with one attached hydrogen (secondary N) is 1. The number of likely N-dealkylation sites (tertiary alicyclic amines) is 1. The molecule has 0 radical (unpaired) electrons. The van der Waals surface area contributed by atoms with E-state index in [2.05, 4.69) is 5.32 Å². The molecule has 0 aromatic heterocycles. The molecule has 2 aromatic carbocycles. The SMILES string of the molecule is NS(=O)(=O)c1ccc(NC(CCN2CC(O)C2)CSc2ccccc2)c(S(=O)(=O)C(F)(F)F)c1. The van der Waals surface area contributed by atoms with Gasteiger partial charge in [-0.3, -0.25) is 4.90 Å². The van der Waals surface area contributed by atoms with Gasteiger partial charge in [-0.2, -0.15) is 13.2 Å². The molecule has 0 saturated carbocycles. The Kier molecular flexibility index (Phi) is 8.20. The monoisotopic (exact) mass is 539 g/mol. The van der Waals surface area contributed by atoms with Crippen LogP contribution in [-0.2, 0) is 19.9 Å². The molecule has 0 spiro atoms. The lowest BCUT2D eigenvalue weighted by Gasteiger charge is -2.36. The Labute approximate surface area is 200 Å². The van der Waals surface area contributed by atoms with Crippen molar-refractivity contribution in [3.05, 3.63) is 48.5 Å². The molecule has 0 bridgehead atoms. The van der Waals surface area contributed by atoms with Crippen LogP contribution in [0.25, 0.3) is 0 Å². The van der Waals surface area contributed by atoms with E-state index in [1.165, 1.54) is 11.8 Å². The molecular formula is C20H24F3N3O5S3. The summed E-state index contributed by atoms with van der Waals surface area (Å²) >= 11 is 1.43. The molecule has 3 rings (SSSR count). The van der Waals surface area contributed by atoms with Gasteiger partial charge in [0.05, 0.1) is 16.7 Å². The summed E-state index contributed by atoms with van der Waals surface area (Å²) in [5.74, 6) is 0.392. The fourth-order valence-electron chi connectivity index (χ4n) is 3.34. The van der Waals surface area contributed by atoms with Crippen LogP contribution in [-0.4, -0.2) is 69.9 Å². The summed E-state index contributed by atoms with van der Waals surface area (Å²) in [7, 11) is -10.3. The Hall–Kier alpha value is -1.84. The Morgan fingerprint density at radius 2 is 1.76 bits per heavy atom. The predicted octanol–water partition coefficient (Wildman–Crippen LogP) is 2.27. The molecule has 2 aromatic rings. The van der Waals surface area contributed by atoms with Gasteiger partial charge in [0, 0.05) is 36.3 Å². The standard InChI is InChI=1S/C20H24F3N3O5S3/c21-20(22,23)33(28,29)19-10-17(34(24,30)31)6-7-18(19)25-14(8-9-26-11-15(27)12-26)13-32-16-4-2-1-3-5-16/h1-7,10,14-15,25,27H,8-9,11-13H2,(H2,24,30,31). The van der Waals surface area contributed by atoms with Gasteiger partial charge in [0.25, 0.3) is 9.84 Å². The van der Waals surface area contributed by atoms with Crippen LogP contribution in [0, 0.1) is 0 Å². The van der Waals surface area contributed by atoms with Gasteiger partial charge < -0.3 is 10.4 Å². The summed E-state index contributed by atoms with van der Waals surface area (Å²) in [4.78, 5) is 0.928. The lowest BCUT2D eigenvalue weighted by molar-refractivity contribution is -0.0435. The van der Waals surface area contributed by atoms with Crippen molar-refractivity contribution in [1.29, 1.82) is 0 Å². The quantitative estimate of drug-likeness (QED) is 0.392. The number of β-amino-alcohol motifs (C(OH)–C–C–N with tert-alkyl or cyclic N) is 1. The summed E-state index contributed by atoms with van der Waals surface area (Å²) in [6, 6.07) is 11.2. The van der Waals surface area contributed by atoms with Crippen LogP contribution in [0.2, 0.25) is 0 Å². The molecule has 1 aliphatic rings. The topological polar surface area (TPSA) is 130 Å². The first-order valence-corrected chi connectivity index (χ1v) is 14.1. The third kappa shape index (κ3) is 6.64. The van der Waals surface area contributed by atoms with Crippen LogP contribution in [0.3, 0.4) is 0 Å². The highest BCUT2D eigenvalue weighted by Gasteiger charge is 2.48. The molecule has 188 valence electrons. The van der Waals surface area contributed by atoms with Crippen LogP contribution in [0.1, 0.15) is 6.42 Å². The maximum absolute atomic E-state index is 13.3. The van der Waals surface area contributed by atoms with Crippen molar-refractivity contribution in [3.8, 4) is 0 Å². The molecule has 0 amide bonds. The van der Waals surface area contributed by atoms with Gasteiger partial charge in [-0.25, -0.2) is 22.0 Å². The highest BCUT2D eigenvalue weighted by atomic mass is 32.2. The van der Waals surface area contributed by atoms with Gasteiger partial charge in [-0.05, 0) is 36.8 Å². The van der Waals surface area contributed by atoms with Crippen molar-refractivity contribution < 1.29 is 35.1 Å². The Bertz CT molecular complexity index is 1200. The number of nitrogens with two attached hydrogens (primary N) is 1. The van der Waals surface area contributed by atoms with E-state index in [0.29, 0.717) is 37.9 Å². The molecule has 1 unspecified atom stereocenters. The fraction of sp³-hybridized carbons (Fsp3) is 0.400. The third-order valence-corrected chi connectivity index (χ3v) is 8.77. The minimum Gasteiger partial charge on any atom is -0.390 e. The molecule has 34 heavy (non-hydrogen) atoms. The van der Waals surface area contributed by atoms with Gasteiger partial charge in [0.2, 0.25) is 10.0 Å². The number of rotatable bonds is 10. The van der Waals surface area contributed by atoms with E-state index >= 15 is 0 Å². The van der Waals surface area contributed by atoms with E-state index in [-0.39, 0.29) is 5.69 Å². The normalized spacial score (nSPS) is 16.7. The van der Waals surface area contributed by atoms with Gasteiger partial charge in [0.1, 0.15) is 4.90 Å². The summed E-state index contributed by atoms with van der Waals surface area (Å²) < 4.78 is 87.8. The van der Waals surface area contributed by atoms with Crippen molar-refractivity contribution in [2.24, 2.45) is 5.14 Å². The molecule has 8 nitrogen and oxygen atoms in total. The maximum Gasteiger partial charge on any atom is 0.501 e. The second-order valence-electron chi connectivity index (χ2n) is 7.82. The van der Waals surface area contributed by atoms with Crippen molar-refractivity contribution in [3.63, 3.8) is 0 Å². The lowest BCUT2D eigenvalue weighted by atomic mass is 10.1. The Morgan fingerprint density at radius 3 is 2.32 bits per heavy atom. The number of primary sulfonamides is 1. The zero-order valence-electron chi connectivity index (χ0n) is 17.8. The largest absolute Gasteiger partial charge is 0.501 e. The number of thioether (sulfide) groups is 1. The number of nitrogens with zero attached hydrogens (tertiary/aromatic N) is 1. The van der Waals surface area contributed by atoms with Gasteiger partial charge in [-0.15, -0.1) is 11.8 Å². The summed E-state index contributed by atoms with van der Waals surface area (Å²) in [5.41, 5.74) is -6.00. The number of sulfone groups is 1. The Morgan fingerprint density at radius 1 is 1.12 bits per heavy atom. The average molecular weight is 540 g/mol. The van der Waals surface area contributed by atoms with Crippen molar-refractivity contribution in [1.82, 2.24) is 4.90 Å². The average Bonchev–Trinajstić information content (AvgIpc) is 2.73. The summed E-state index contributed by atoms with van der Waals surface area (Å²) in [5, 5.41) is 17.3. The maximum atomic E-state index is 13.3. The second kappa shape index (κ2) is 10.4. The van der Waals surface area contributed by atoms with Crippen LogP contribution in [0.4, 0.5) is 18.9 Å². The smallest absolute Gasteiger partial charge is 0.390 e. The van der Waals surface area contributed by atoms with Crippen LogP contribution < -0.4 is 10.5 Å². The predicted molar refractivity (Wildman–Crippen MR) is 123 cm³/mol. The zero-order valence-corrected chi connectivity index (χ0v) is 20.2. The van der Waals surface area contributed by atoms with Crippen molar-refractivity contribution in [2.45, 2.75) is 38.8 Å². The Balaban J connectivity index is 1.90. The van der Waals surface area contributed by atoms with E-state index in [9.17, 15) is 35.1 Å². The second-order valence-corrected chi connectivity index (χ2v) is 12.4. The van der Waals surface area contributed by atoms with Gasteiger partial charge >= 0.3 is 5.51 Å². The highest BCUT2D eigenvalue weighted by Crippen LogP contribution is 2.36. The van der Waals surface area contributed by atoms with Gasteiger partial charge in [-0.1, -0.05) is 18.2 Å². The molecule has 1 saturated heterocycles. The third-order valence-electron chi connectivity index (χ3n) is 5.16. The molecule has 0 aliphatic carbocycles. The van der Waals surface area contributed by atoms with Crippen molar-refractivity contribution in [2.75, 3.05) is 30.7 Å². The number of alkyl halides is 3. The van der Waals surface area contributed by atoms with Gasteiger partial charge in [0.15, 0.2) is 0 Å². The van der Waals surface area contributed by atoms with E-state index in [4.69, 9.17) is 5.14 Å². The zero-order chi connectivity index (χ0) is 25.1. The number of benzene rings is 2. The van der Waals surface area contributed by atoms with Crippen LogP contribution in [0.15, 0.2) is 63.2 Å². The molecule has 1 fully saturated rings. The van der Waals surface area contributed by atoms with Crippen LogP contribution >= 0.6 is 11.8 Å². The highest BCUT2D eigenvalue weighted by molar-refractivity contribution is 7.99. The van der Waals surface area contributed by atoms with E-state index in [1.54, 1.807) is 0 Å². The number of halogens is 3. The van der Waals surface area contributed by atoms with Crippen LogP contribution in [0.5, 0.6) is 0 Å².